The van der Waals surface area contributed by atoms with E-state index < -0.39 is 19.5 Å². The first-order valence-corrected chi connectivity index (χ1v) is 12.5. The molecule has 0 unspecified atom stereocenters. The number of carbonyl (C=O) groups excluding carboxylic acids is 1. The minimum Gasteiger partial charge on any atom is -0.381 e. The van der Waals surface area contributed by atoms with E-state index >= 15 is 0 Å². The average Bonchev–Trinajstić information content (AvgIpc) is 2.82. The lowest BCUT2D eigenvalue weighted by molar-refractivity contribution is -0.165. The molecule has 0 heterocycles. The summed E-state index contributed by atoms with van der Waals surface area (Å²) < 4.78 is 16.3. The monoisotopic (exact) mass is 426 g/mol. The molecule has 0 aromatic rings. The largest absolute Gasteiger partial charge is 0.469 e. The summed E-state index contributed by atoms with van der Waals surface area (Å²) in [4.78, 5) is 30.9. The number of phosphoric acid groups is 1. The molecular weight excluding hydrogens is 391 g/mol. The highest BCUT2D eigenvalue weighted by Gasteiger charge is 2.67. The van der Waals surface area contributed by atoms with Crippen molar-refractivity contribution in [2.24, 2.45) is 34.5 Å². The molecule has 0 aromatic carbocycles. The van der Waals surface area contributed by atoms with Gasteiger partial charge in [0.05, 0.1) is 6.10 Å². The van der Waals surface area contributed by atoms with Gasteiger partial charge in [-0.25, -0.2) is 4.57 Å². The van der Waals surface area contributed by atoms with Crippen LogP contribution < -0.4 is 0 Å². The van der Waals surface area contributed by atoms with E-state index in [2.05, 4.69) is 19.9 Å². The third kappa shape index (κ3) is 3.05. The van der Waals surface area contributed by atoms with Crippen molar-refractivity contribution in [2.75, 3.05) is 0 Å². The van der Waals surface area contributed by atoms with E-state index in [4.69, 9.17) is 4.52 Å². The lowest BCUT2D eigenvalue weighted by Gasteiger charge is -2.58. The molecule has 4 aliphatic carbocycles. The quantitative estimate of drug-likeness (QED) is 0.466. The van der Waals surface area contributed by atoms with E-state index in [9.17, 15) is 24.3 Å². The number of hydrogen-bond donors (Lipinski definition) is 3. The molecule has 3 N–H and O–H groups in total. The Morgan fingerprint density at radius 1 is 1.21 bits per heavy atom. The molecular formula is C22H35O6P. The first-order chi connectivity index (χ1) is 13.3. The molecule has 3 saturated carbocycles. The predicted molar refractivity (Wildman–Crippen MR) is 109 cm³/mol. The van der Waals surface area contributed by atoms with Crippen LogP contribution in [-0.2, 0) is 13.9 Å². The Labute approximate surface area is 173 Å². The second-order valence-electron chi connectivity index (χ2n) is 10.6. The summed E-state index contributed by atoms with van der Waals surface area (Å²) in [5.41, 5.74) is -0.316. The lowest BCUT2D eigenvalue weighted by atomic mass is 9.46. The van der Waals surface area contributed by atoms with Crippen molar-refractivity contribution in [2.45, 2.75) is 84.3 Å². The Morgan fingerprint density at radius 3 is 2.52 bits per heavy atom. The van der Waals surface area contributed by atoms with Gasteiger partial charge in [0.2, 0.25) is 0 Å². The third-order valence-corrected chi connectivity index (χ3v) is 10.0. The van der Waals surface area contributed by atoms with Gasteiger partial charge in [0.15, 0.2) is 5.78 Å². The van der Waals surface area contributed by atoms with Gasteiger partial charge in [0, 0.05) is 5.41 Å². The van der Waals surface area contributed by atoms with E-state index in [1.807, 2.05) is 6.92 Å². The standard InChI is InChI=1S/C22H35O6P/c1-13-11-19-17-6-5-15-12-16(28-29(25,26)27)7-9-20(15,3)18(17)8-10-21(19,4)22(13,24)14(2)23/h5,13,16-19,24H,6-12H2,1-4H3,(H2,25,26,27)/t13-,16-,17-,18-,19-,20+,21+,22+/m1/s1. The van der Waals surface area contributed by atoms with E-state index in [1.165, 1.54) is 5.57 Å². The van der Waals surface area contributed by atoms with Gasteiger partial charge in [-0.15, -0.1) is 0 Å². The maximum Gasteiger partial charge on any atom is 0.469 e. The molecule has 6 nitrogen and oxygen atoms in total. The summed E-state index contributed by atoms with van der Waals surface area (Å²) in [6.45, 7) is 8.00. The zero-order valence-corrected chi connectivity index (χ0v) is 18.8. The zero-order valence-electron chi connectivity index (χ0n) is 17.9. The summed E-state index contributed by atoms with van der Waals surface area (Å²) in [5, 5.41) is 11.5. The molecule has 164 valence electrons. The van der Waals surface area contributed by atoms with Crippen LogP contribution in [0.5, 0.6) is 0 Å². The molecule has 0 bridgehead atoms. The minimum absolute atomic E-state index is 0.0131. The van der Waals surface area contributed by atoms with Crippen molar-refractivity contribution in [1.82, 2.24) is 0 Å². The van der Waals surface area contributed by atoms with E-state index in [0.717, 1.165) is 32.1 Å². The van der Waals surface area contributed by atoms with Gasteiger partial charge in [-0.05, 0) is 81.0 Å². The van der Waals surface area contributed by atoms with Crippen molar-refractivity contribution in [3.8, 4) is 0 Å². The summed E-state index contributed by atoms with van der Waals surface area (Å²) in [7, 11) is -4.47. The van der Waals surface area contributed by atoms with E-state index in [-0.39, 0.29) is 22.5 Å². The van der Waals surface area contributed by atoms with Crippen molar-refractivity contribution < 1.29 is 28.8 Å². The fraction of sp³-hybridized carbons (Fsp3) is 0.864. The zero-order chi connectivity index (χ0) is 21.4. The number of rotatable bonds is 3. The highest BCUT2D eigenvalue weighted by atomic mass is 31.2. The Morgan fingerprint density at radius 2 is 1.90 bits per heavy atom. The van der Waals surface area contributed by atoms with Gasteiger partial charge in [0.25, 0.3) is 0 Å². The van der Waals surface area contributed by atoms with Crippen LogP contribution in [0.3, 0.4) is 0 Å². The molecule has 4 aliphatic rings. The molecule has 0 aliphatic heterocycles. The van der Waals surface area contributed by atoms with Crippen molar-refractivity contribution in [1.29, 1.82) is 0 Å². The van der Waals surface area contributed by atoms with Crippen molar-refractivity contribution in [3.05, 3.63) is 11.6 Å². The summed E-state index contributed by atoms with van der Waals surface area (Å²) in [6.07, 6.45) is 7.59. The second kappa shape index (κ2) is 6.74. The molecule has 4 rings (SSSR count). The molecule has 8 atom stereocenters. The second-order valence-corrected chi connectivity index (χ2v) is 11.8. The fourth-order valence-electron chi connectivity index (χ4n) is 8.00. The molecule has 0 aromatic heterocycles. The van der Waals surface area contributed by atoms with E-state index in [1.54, 1.807) is 6.92 Å². The first-order valence-electron chi connectivity index (χ1n) is 11.0. The minimum atomic E-state index is -4.47. The van der Waals surface area contributed by atoms with Gasteiger partial charge in [-0.2, -0.15) is 0 Å². The third-order valence-electron chi connectivity index (χ3n) is 9.46. The van der Waals surface area contributed by atoms with Crippen LogP contribution >= 0.6 is 7.82 Å². The Balaban J connectivity index is 1.62. The maximum absolute atomic E-state index is 12.5. The number of phosphoric ester groups is 1. The van der Waals surface area contributed by atoms with Gasteiger partial charge in [-0.1, -0.05) is 32.4 Å². The number of Topliss-reactive ketones (excluding diaryl/α,β-unsaturated/α-hetero) is 1. The van der Waals surface area contributed by atoms with E-state index in [0.29, 0.717) is 30.6 Å². The molecule has 0 amide bonds. The summed E-state index contributed by atoms with van der Waals surface area (Å²) >= 11 is 0. The lowest BCUT2D eigenvalue weighted by Crippen LogP contribution is -2.58. The number of aliphatic hydroxyl groups is 1. The van der Waals surface area contributed by atoms with Crippen molar-refractivity contribution >= 4 is 13.6 Å². The van der Waals surface area contributed by atoms with Gasteiger partial charge in [-0.3, -0.25) is 9.32 Å². The number of fused-ring (bicyclic) bond motifs is 5. The smallest absolute Gasteiger partial charge is 0.381 e. The van der Waals surface area contributed by atoms with Crippen LogP contribution in [0.4, 0.5) is 0 Å². The normalized spacial score (nSPS) is 49.6. The number of allylic oxidation sites excluding steroid dienone is 1. The fourth-order valence-corrected chi connectivity index (χ4v) is 8.57. The Kier molecular flexibility index (Phi) is 5.04. The molecule has 0 spiro atoms. The van der Waals surface area contributed by atoms with Crippen LogP contribution in [0, 0.1) is 34.5 Å². The Hall–Kier alpha value is -0.520. The molecule has 29 heavy (non-hydrogen) atoms. The highest BCUT2D eigenvalue weighted by molar-refractivity contribution is 7.46. The van der Waals surface area contributed by atoms with Crippen LogP contribution in [-0.4, -0.2) is 32.4 Å². The van der Waals surface area contributed by atoms with Gasteiger partial charge >= 0.3 is 7.82 Å². The first kappa shape index (κ1) is 21.7. The van der Waals surface area contributed by atoms with Crippen LogP contribution in [0.25, 0.3) is 0 Å². The van der Waals surface area contributed by atoms with Crippen LogP contribution in [0.1, 0.15) is 72.6 Å². The average molecular weight is 426 g/mol. The highest BCUT2D eigenvalue weighted by Crippen LogP contribution is 2.68. The summed E-state index contributed by atoms with van der Waals surface area (Å²) in [5.74, 6) is 1.13. The SMILES string of the molecule is CC(=O)[C@@]1(O)[C@H](C)C[C@@H]2[C@@H]3CC=C4C[C@H](OP(=O)(O)O)CC[C@]4(C)[C@@H]3CC[C@@]21C. The predicted octanol–water partition coefficient (Wildman–Crippen LogP) is 3.99. The number of ketones is 1. The molecule has 0 radical (unpaired) electrons. The molecule has 7 heteroatoms. The van der Waals surface area contributed by atoms with Crippen LogP contribution in [0.15, 0.2) is 11.6 Å². The van der Waals surface area contributed by atoms with Crippen LogP contribution in [0.2, 0.25) is 0 Å². The topological polar surface area (TPSA) is 104 Å². The number of hydrogen-bond acceptors (Lipinski definition) is 4. The van der Waals surface area contributed by atoms with Gasteiger partial charge < -0.3 is 14.9 Å². The summed E-state index contributed by atoms with van der Waals surface area (Å²) in [6, 6.07) is 0. The number of carbonyl (C=O) groups is 1. The molecule has 3 fully saturated rings. The van der Waals surface area contributed by atoms with Gasteiger partial charge in [0.1, 0.15) is 5.60 Å². The van der Waals surface area contributed by atoms with Crippen molar-refractivity contribution in [3.63, 3.8) is 0 Å². The Bertz CT molecular complexity index is 788. The maximum atomic E-state index is 12.5. The molecule has 0 saturated heterocycles.